The first-order valence-corrected chi connectivity index (χ1v) is 5.35. The predicted molar refractivity (Wildman–Crippen MR) is 60.7 cm³/mol. The fourth-order valence-electron chi connectivity index (χ4n) is 2.09. The standard InChI is InChI=1S/C13H17N/c1-2-10-7-8-13(14)12-6-4-3-5-11(12)9-10/h3-6,8,10H,2,7,9,14H2,1H3. The Morgan fingerprint density at radius 1 is 1.36 bits per heavy atom. The van der Waals surface area contributed by atoms with Gasteiger partial charge in [0.2, 0.25) is 0 Å². The molecule has 14 heavy (non-hydrogen) atoms. The summed E-state index contributed by atoms with van der Waals surface area (Å²) in [5, 5.41) is 0. The van der Waals surface area contributed by atoms with E-state index in [0.717, 1.165) is 18.0 Å². The van der Waals surface area contributed by atoms with Crippen molar-refractivity contribution in [1.82, 2.24) is 0 Å². The predicted octanol–water partition coefficient (Wildman–Crippen LogP) is 2.96. The highest BCUT2D eigenvalue weighted by molar-refractivity contribution is 5.66. The van der Waals surface area contributed by atoms with Gasteiger partial charge in [0, 0.05) is 11.3 Å². The topological polar surface area (TPSA) is 26.0 Å². The number of hydrogen-bond acceptors (Lipinski definition) is 1. The largest absolute Gasteiger partial charge is 0.398 e. The minimum Gasteiger partial charge on any atom is -0.398 e. The summed E-state index contributed by atoms with van der Waals surface area (Å²) in [5.74, 6) is 0.761. The van der Waals surface area contributed by atoms with Crippen LogP contribution >= 0.6 is 0 Å². The van der Waals surface area contributed by atoms with Gasteiger partial charge in [-0.25, -0.2) is 0 Å². The molecule has 0 radical (unpaired) electrons. The molecule has 0 bridgehead atoms. The maximum atomic E-state index is 6.02. The highest BCUT2D eigenvalue weighted by Crippen LogP contribution is 2.26. The average molecular weight is 187 g/mol. The first-order valence-electron chi connectivity index (χ1n) is 5.35. The maximum absolute atomic E-state index is 6.02. The third kappa shape index (κ3) is 1.67. The molecule has 0 saturated carbocycles. The summed E-state index contributed by atoms with van der Waals surface area (Å²) in [5.41, 5.74) is 9.63. The van der Waals surface area contributed by atoms with E-state index in [4.69, 9.17) is 5.73 Å². The van der Waals surface area contributed by atoms with Crippen molar-refractivity contribution in [2.75, 3.05) is 0 Å². The van der Waals surface area contributed by atoms with Crippen LogP contribution in [0.25, 0.3) is 5.70 Å². The molecule has 0 aromatic heterocycles. The van der Waals surface area contributed by atoms with E-state index in [-0.39, 0.29) is 0 Å². The number of fused-ring (bicyclic) bond motifs is 1. The molecule has 2 N–H and O–H groups in total. The van der Waals surface area contributed by atoms with Crippen LogP contribution in [-0.4, -0.2) is 0 Å². The first-order chi connectivity index (χ1) is 6.81. The maximum Gasteiger partial charge on any atom is 0.0349 e. The Labute approximate surface area is 85.6 Å². The van der Waals surface area contributed by atoms with Crippen LogP contribution in [0.2, 0.25) is 0 Å². The molecule has 74 valence electrons. The van der Waals surface area contributed by atoms with Crippen LogP contribution in [0.5, 0.6) is 0 Å². The van der Waals surface area contributed by atoms with E-state index in [2.05, 4.69) is 37.3 Å². The summed E-state index contributed by atoms with van der Waals surface area (Å²) in [6.45, 7) is 2.25. The van der Waals surface area contributed by atoms with Crippen LogP contribution in [0.15, 0.2) is 30.3 Å². The summed E-state index contributed by atoms with van der Waals surface area (Å²) >= 11 is 0. The van der Waals surface area contributed by atoms with Crippen molar-refractivity contribution in [3.05, 3.63) is 41.5 Å². The van der Waals surface area contributed by atoms with Crippen LogP contribution in [0.3, 0.4) is 0 Å². The molecule has 1 aliphatic rings. The fourth-order valence-corrected chi connectivity index (χ4v) is 2.09. The molecule has 2 rings (SSSR count). The molecule has 0 aliphatic heterocycles. The van der Waals surface area contributed by atoms with Gasteiger partial charge in [-0.1, -0.05) is 43.7 Å². The van der Waals surface area contributed by atoms with Gasteiger partial charge < -0.3 is 5.73 Å². The van der Waals surface area contributed by atoms with E-state index in [1.165, 1.54) is 24.0 Å². The molecule has 1 nitrogen and oxygen atoms in total. The zero-order chi connectivity index (χ0) is 9.97. The molecule has 0 spiro atoms. The molecule has 1 aromatic carbocycles. The average Bonchev–Trinajstić information content (AvgIpc) is 2.39. The summed E-state index contributed by atoms with van der Waals surface area (Å²) in [4.78, 5) is 0. The van der Waals surface area contributed by atoms with Crippen LogP contribution in [0, 0.1) is 5.92 Å². The third-order valence-corrected chi connectivity index (χ3v) is 3.09. The van der Waals surface area contributed by atoms with Crippen molar-refractivity contribution >= 4 is 5.70 Å². The second-order valence-corrected chi connectivity index (χ2v) is 4.03. The molecule has 1 aromatic rings. The summed E-state index contributed by atoms with van der Waals surface area (Å²) in [6.07, 6.45) is 5.71. The zero-order valence-electron chi connectivity index (χ0n) is 8.66. The van der Waals surface area contributed by atoms with E-state index < -0.39 is 0 Å². The Hall–Kier alpha value is -1.24. The van der Waals surface area contributed by atoms with Gasteiger partial charge in [-0.15, -0.1) is 0 Å². The molecule has 1 unspecified atom stereocenters. The van der Waals surface area contributed by atoms with E-state index in [9.17, 15) is 0 Å². The Morgan fingerprint density at radius 3 is 2.93 bits per heavy atom. The third-order valence-electron chi connectivity index (χ3n) is 3.09. The molecular formula is C13H17N. The van der Waals surface area contributed by atoms with Gasteiger partial charge in [-0.05, 0) is 24.3 Å². The second kappa shape index (κ2) is 3.87. The highest BCUT2D eigenvalue weighted by atomic mass is 14.6. The van der Waals surface area contributed by atoms with Gasteiger partial charge in [0.15, 0.2) is 0 Å². The molecule has 0 amide bonds. The lowest BCUT2D eigenvalue weighted by Gasteiger charge is -2.11. The minimum absolute atomic E-state index is 0.761. The van der Waals surface area contributed by atoms with E-state index in [0.29, 0.717) is 0 Å². The first kappa shape index (κ1) is 9.32. The Morgan fingerprint density at radius 2 is 2.14 bits per heavy atom. The van der Waals surface area contributed by atoms with Gasteiger partial charge in [0.1, 0.15) is 0 Å². The van der Waals surface area contributed by atoms with Crippen LogP contribution in [-0.2, 0) is 6.42 Å². The van der Waals surface area contributed by atoms with Crippen LogP contribution < -0.4 is 5.73 Å². The zero-order valence-corrected chi connectivity index (χ0v) is 8.66. The van der Waals surface area contributed by atoms with E-state index in [1.807, 2.05) is 0 Å². The molecule has 0 heterocycles. The number of benzene rings is 1. The van der Waals surface area contributed by atoms with Crippen molar-refractivity contribution < 1.29 is 0 Å². The van der Waals surface area contributed by atoms with E-state index >= 15 is 0 Å². The molecule has 1 aliphatic carbocycles. The van der Waals surface area contributed by atoms with Crippen molar-refractivity contribution in [3.8, 4) is 0 Å². The molecule has 0 fully saturated rings. The molecule has 1 atom stereocenters. The monoisotopic (exact) mass is 187 g/mol. The van der Waals surface area contributed by atoms with Gasteiger partial charge in [0.05, 0.1) is 0 Å². The highest BCUT2D eigenvalue weighted by Gasteiger charge is 2.14. The minimum atomic E-state index is 0.761. The summed E-state index contributed by atoms with van der Waals surface area (Å²) < 4.78 is 0. The Kier molecular flexibility index (Phi) is 2.58. The molecule has 0 saturated heterocycles. The Bertz CT molecular complexity index is 352. The Balaban J connectivity index is 2.40. The lowest BCUT2D eigenvalue weighted by molar-refractivity contribution is 0.517. The van der Waals surface area contributed by atoms with Gasteiger partial charge in [-0.3, -0.25) is 0 Å². The van der Waals surface area contributed by atoms with E-state index in [1.54, 1.807) is 0 Å². The van der Waals surface area contributed by atoms with Crippen LogP contribution in [0.4, 0.5) is 0 Å². The normalized spacial score (nSPS) is 20.9. The summed E-state index contributed by atoms with van der Waals surface area (Å²) in [7, 11) is 0. The number of rotatable bonds is 1. The quantitative estimate of drug-likeness (QED) is 0.718. The number of hydrogen-bond donors (Lipinski definition) is 1. The number of nitrogens with two attached hydrogens (primary N) is 1. The second-order valence-electron chi connectivity index (χ2n) is 4.03. The van der Waals surface area contributed by atoms with Crippen molar-refractivity contribution in [2.24, 2.45) is 11.7 Å². The summed E-state index contributed by atoms with van der Waals surface area (Å²) in [6, 6.07) is 8.49. The number of allylic oxidation sites excluding steroid dienone is 1. The van der Waals surface area contributed by atoms with Crippen molar-refractivity contribution in [2.45, 2.75) is 26.2 Å². The molecule has 1 heteroatoms. The SMILES string of the molecule is CCC1CC=C(N)c2ccccc2C1. The van der Waals surface area contributed by atoms with Gasteiger partial charge in [0.25, 0.3) is 0 Å². The van der Waals surface area contributed by atoms with Crippen molar-refractivity contribution in [1.29, 1.82) is 0 Å². The lowest BCUT2D eigenvalue weighted by atomic mass is 9.94. The molecular weight excluding hydrogens is 170 g/mol. The van der Waals surface area contributed by atoms with Gasteiger partial charge >= 0.3 is 0 Å². The van der Waals surface area contributed by atoms with Crippen molar-refractivity contribution in [3.63, 3.8) is 0 Å². The van der Waals surface area contributed by atoms with Gasteiger partial charge in [-0.2, -0.15) is 0 Å². The fraction of sp³-hybridized carbons (Fsp3) is 0.385. The smallest absolute Gasteiger partial charge is 0.0349 e. The van der Waals surface area contributed by atoms with Crippen LogP contribution in [0.1, 0.15) is 30.9 Å². The lowest BCUT2D eigenvalue weighted by Crippen LogP contribution is -2.02.